The van der Waals surface area contributed by atoms with Crippen LogP contribution in [0.15, 0.2) is 65.4 Å². The lowest BCUT2D eigenvalue weighted by atomic mass is 9.46. The van der Waals surface area contributed by atoms with Crippen LogP contribution >= 0.6 is 11.8 Å². The first-order valence-electron chi connectivity index (χ1n) is 15.3. The quantitative estimate of drug-likeness (QED) is 0.301. The van der Waals surface area contributed by atoms with Crippen molar-refractivity contribution in [3.8, 4) is 0 Å². The monoisotopic (exact) mass is 586 g/mol. The van der Waals surface area contributed by atoms with Crippen molar-refractivity contribution in [2.75, 3.05) is 0 Å². The number of carbonyl (C=O) groups is 3. The van der Waals surface area contributed by atoms with Crippen LogP contribution in [-0.2, 0) is 25.7 Å². The third-order valence-corrected chi connectivity index (χ3v) is 12.2. The number of nitrogens with zero attached hydrogens (tertiary/aromatic N) is 2. The second-order valence-corrected chi connectivity index (χ2v) is 14.4. The van der Waals surface area contributed by atoms with E-state index >= 15 is 0 Å². The minimum Gasteiger partial charge on any atom is -0.462 e. The standard InChI is InChI=1S/C34H38N2O5S/c1-32-15-13-22(37)18-21(32)11-12-23-24-14-16-34(40)20-29(39)42-31-35-25-8-5-6-9-26(25)36(31)17-7-3-4-10-28(38)41-27(30(23)32)19-33(24,34)2/h3,5-9,13,15,18,23-24,27,30,40H,4,10-12,14,16-17,19-20H2,1-2H3/b7-3+/t23-,24-,27-,30+,32-,33-,34-/m0/s1. The molecule has 2 heterocycles. The maximum atomic E-state index is 13.7. The molecule has 8 heteroatoms. The summed E-state index contributed by atoms with van der Waals surface area (Å²) < 4.78 is 8.39. The molecule has 2 aromatic rings. The second kappa shape index (κ2) is 10.1. The third-order valence-electron chi connectivity index (χ3n) is 11.3. The van der Waals surface area contributed by atoms with E-state index in [2.05, 4.69) is 13.8 Å². The fraction of sp³-hybridized carbons (Fsp3) is 0.529. The fourth-order valence-corrected chi connectivity index (χ4v) is 10.1. The highest BCUT2D eigenvalue weighted by molar-refractivity contribution is 8.13. The molecular formula is C34H38N2O5S. The average molecular weight is 587 g/mol. The van der Waals surface area contributed by atoms with E-state index in [1.807, 2.05) is 47.1 Å². The lowest BCUT2D eigenvalue weighted by Gasteiger charge is -2.60. The van der Waals surface area contributed by atoms with Gasteiger partial charge in [0.15, 0.2) is 16.1 Å². The molecule has 7 nitrogen and oxygen atoms in total. The van der Waals surface area contributed by atoms with Crippen molar-refractivity contribution in [3.05, 3.63) is 60.2 Å². The lowest BCUT2D eigenvalue weighted by molar-refractivity contribution is -0.190. The summed E-state index contributed by atoms with van der Waals surface area (Å²) in [4.78, 5) is 44.1. The summed E-state index contributed by atoms with van der Waals surface area (Å²) in [5.74, 6) is 0.196. The molecule has 3 saturated carbocycles. The molecule has 220 valence electrons. The van der Waals surface area contributed by atoms with E-state index in [0.29, 0.717) is 31.0 Å². The van der Waals surface area contributed by atoms with E-state index in [1.165, 1.54) is 0 Å². The van der Waals surface area contributed by atoms with Gasteiger partial charge in [-0.05, 0) is 86.4 Å². The van der Waals surface area contributed by atoms with E-state index in [9.17, 15) is 19.5 Å². The molecule has 42 heavy (non-hydrogen) atoms. The predicted molar refractivity (Wildman–Crippen MR) is 160 cm³/mol. The number of para-hydroxylation sites is 2. The predicted octanol–water partition coefficient (Wildman–Crippen LogP) is 5.96. The van der Waals surface area contributed by atoms with Crippen molar-refractivity contribution in [3.63, 3.8) is 0 Å². The van der Waals surface area contributed by atoms with Crippen LogP contribution in [0.3, 0.4) is 0 Å². The zero-order chi connectivity index (χ0) is 29.3. The molecule has 5 aliphatic rings. The minimum atomic E-state index is -1.21. The molecule has 2 bridgehead atoms. The zero-order valence-electron chi connectivity index (χ0n) is 24.3. The number of thioether (sulfide) groups is 1. The lowest BCUT2D eigenvalue weighted by Crippen LogP contribution is -2.60. The highest BCUT2D eigenvalue weighted by Crippen LogP contribution is 2.68. The Bertz CT molecular complexity index is 1570. The largest absolute Gasteiger partial charge is 0.462 e. The number of aliphatic hydroxyl groups is 1. The van der Waals surface area contributed by atoms with Crippen molar-refractivity contribution in [1.82, 2.24) is 9.55 Å². The van der Waals surface area contributed by atoms with Gasteiger partial charge < -0.3 is 14.4 Å². The first kappa shape index (κ1) is 27.8. The van der Waals surface area contributed by atoms with Gasteiger partial charge in [0, 0.05) is 36.1 Å². The first-order chi connectivity index (χ1) is 20.1. The van der Waals surface area contributed by atoms with Gasteiger partial charge in [0.05, 0.1) is 16.6 Å². The molecule has 7 rings (SSSR count). The Kier molecular flexibility index (Phi) is 6.66. The maximum absolute atomic E-state index is 13.7. The number of imidazole rings is 1. The molecule has 0 unspecified atom stereocenters. The van der Waals surface area contributed by atoms with Crippen molar-refractivity contribution < 1.29 is 24.2 Å². The number of allylic oxidation sites excluding steroid dienone is 6. The molecule has 0 saturated heterocycles. The van der Waals surface area contributed by atoms with Gasteiger partial charge in [-0.1, -0.05) is 49.8 Å². The molecule has 0 amide bonds. The van der Waals surface area contributed by atoms with Crippen LogP contribution in [0, 0.1) is 28.6 Å². The molecule has 1 aromatic heterocycles. The van der Waals surface area contributed by atoms with Gasteiger partial charge in [-0.25, -0.2) is 4.98 Å². The number of fused-ring (bicyclic) bond motifs is 9. The smallest absolute Gasteiger partial charge is 0.306 e. The number of hydrogen-bond donors (Lipinski definition) is 1. The van der Waals surface area contributed by atoms with Crippen LogP contribution in [-0.4, -0.2) is 43.2 Å². The number of rotatable bonds is 0. The fourth-order valence-electron chi connectivity index (χ4n) is 9.20. The van der Waals surface area contributed by atoms with Gasteiger partial charge in [0.2, 0.25) is 0 Å². The average Bonchev–Trinajstić information content (AvgIpc) is 3.41. The van der Waals surface area contributed by atoms with E-state index in [4.69, 9.17) is 9.72 Å². The number of hydrogen-bond acceptors (Lipinski definition) is 7. The van der Waals surface area contributed by atoms with Crippen molar-refractivity contribution in [2.24, 2.45) is 28.6 Å². The SMILES string of the molecule is C[C@]12C=CC(=O)C=C1CC[C@@H]1[C@@H]2[C@@H]2C[C@@]3(C)[C@H]1CC[C@]3(O)CC(=O)Sc1nc3ccccc3n1C/C=C/CCC(=O)O2. The van der Waals surface area contributed by atoms with Gasteiger partial charge >= 0.3 is 5.97 Å². The summed E-state index contributed by atoms with van der Waals surface area (Å²) in [6.07, 6.45) is 13.5. The molecule has 0 spiro atoms. The number of aromatic nitrogens is 2. The molecule has 1 N–H and O–H groups in total. The zero-order valence-corrected chi connectivity index (χ0v) is 25.1. The molecule has 4 aliphatic carbocycles. The van der Waals surface area contributed by atoms with Crippen molar-refractivity contribution in [1.29, 1.82) is 0 Å². The number of carbonyl (C=O) groups excluding carboxylic acids is 3. The van der Waals surface area contributed by atoms with Gasteiger partial charge in [-0.3, -0.25) is 14.4 Å². The van der Waals surface area contributed by atoms with Crippen LogP contribution < -0.4 is 0 Å². The Morgan fingerprint density at radius 3 is 2.79 bits per heavy atom. The molecule has 1 aromatic carbocycles. The van der Waals surface area contributed by atoms with E-state index < -0.39 is 17.1 Å². The summed E-state index contributed by atoms with van der Waals surface area (Å²) in [6, 6.07) is 7.84. The number of ketones is 1. The van der Waals surface area contributed by atoms with Crippen LogP contribution in [0.1, 0.15) is 65.2 Å². The molecule has 1 aliphatic heterocycles. The molecule has 3 fully saturated rings. The highest BCUT2D eigenvalue weighted by Gasteiger charge is 2.67. The van der Waals surface area contributed by atoms with Crippen LogP contribution in [0.4, 0.5) is 0 Å². The summed E-state index contributed by atoms with van der Waals surface area (Å²) in [7, 11) is 0. The number of benzene rings is 1. The Labute approximate surface area is 250 Å². The van der Waals surface area contributed by atoms with E-state index in [-0.39, 0.29) is 52.9 Å². The summed E-state index contributed by atoms with van der Waals surface area (Å²) in [6.45, 7) is 4.83. The van der Waals surface area contributed by atoms with Crippen LogP contribution in [0.25, 0.3) is 11.0 Å². The maximum Gasteiger partial charge on any atom is 0.306 e. The summed E-state index contributed by atoms with van der Waals surface area (Å²) in [5, 5.41) is 12.9. The Balaban J connectivity index is 1.27. The summed E-state index contributed by atoms with van der Waals surface area (Å²) >= 11 is 1.12. The van der Waals surface area contributed by atoms with Crippen LogP contribution in [0.5, 0.6) is 0 Å². The Morgan fingerprint density at radius 1 is 1.10 bits per heavy atom. The van der Waals surface area contributed by atoms with Crippen molar-refractivity contribution >= 4 is 39.7 Å². The van der Waals surface area contributed by atoms with Gasteiger partial charge in [-0.15, -0.1) is 0 Å². The van der Waals surface area contributed by atoms with Crippen molar-refractivity contribution in [2.45, 2.75) is 88.6 Å². The first-order valence-corrected chi connectivity index (χ1v) is 16.1. The minimum absolute atomic E-state index is 0.0168. The molecular weight excluding hydrogens is 548 g/mol. The summed E-state index contributed by atoms with van der Waals surface area (Å²) in [5.41, 5.74) is 0.721. The normalized spacial score (nSPS) is 39.2. The number of ether oxygens (including phenoxy) is 1. The van der Waals surface area contributed by atoms with E-state index in [0.717, 1.165) is 47.6 Å². The van der Waals surface area contributed by atoms with Gasteiger partial charge in [0.25, 0.3) is 0 Å². The van der Waals surface area contributed by atoms with Gasteiger partial charge in [-0.2, -0.15) is 0 Å². The third kappa shape index (κ3) is 4.28. The molecule has 0 radical (unpaired) electrons. The van der Waals surface area contributed by atoms with Gasteiger partial charge in [0.1, 0.15) is 6.10 Å². The Hall–Kier alpha value is -2.97. The van der Waals surface area contributed by atoms with E-state index in [1.54, 1.807) is 12.2 Å². The number of esters is 1. The molecule has 7 atom stereocenters. The Morgan fingerprint density at radius 2 is 1.93 bits per heavy atom. The van der Waals surface area contributed by atoms with Crippen LogP contribution in [0.2, 0.25) is 0 Å². The highest BCUT2D eigenvalue weighted by atomic mass is 32.2. The second-order valence-electron chi connectivity index (χ2n) is 13.4. The topological polar surface area (TPSA) is 98.5 Å².